The van der Waals surface area contributed by atoms with E-state index in [0.29, 0.717) is 29.0 Å². The van der Waals surface area contributed by atoms with E-state index in [1.807, 2.05) is 7.05 Å². The van der Waals surface area contributed by atoms with Gasteiger partial charge in [0.2, 0.25) is 5.91 Å². The van der Waals surface area contributed by atoms with Crippen LogP contribution in [0.5, 0.6) is 0 Å². The lowest BCUT2D eigenvalue weighted by Gasteiger charge is -2.40. The highest BCUT2D eigenvalue weighted by Crippen LogP contribution is 2.24. The van der Waals surface area contributed by atoms with Gasteiger partial charge in [0, 0.05) is 55.3 Å². The van der Waals surface area contributed by atoms with Crippen molar-refractivity contribution in [3.63, 3.8) is 0 Å². The molecule has 0 radical (unpaired) electrons. The number of H-pyrrole nitrogens is 1. The summed E-state index contributed by atoms with van der Waals surface area (Å²) in [5.41, 5.74) is 4.68. The van der Waals surface area contributed by atoms with Gasteiger partial charge < -0.3 is 20.1 Å². The molecule has 1 fully saturated rings. The summed E-state index contributed by atoms with van der Waals surface area (Å²) in [6.45, 7) is 4.07. The first-order chi connectivity index (χ1) is 16.8. The lowest BCUT2D eigenvalue weighted by Crippen LogP contribution is -2.65. The average molecular weight is 500 g/mol. The summed E-state index contributed by atoms with van der Waals surface area (Å²) in [6.07, 6.45) is 0.155. The molecule has 1 aromatic carbocycles. The molecule has 35 heavy (non-hydrogen) atoms. The fourth-order valence-corrected chi connectivity index (χ4v) is 5.47. The second-order valence-corrected chi connectivity index (χ2v) is 9.96. The number of halogens is 1. The molecule has 10 nitrogen and oxygen atoms in total. The molecular weight excluding hydrogens is 473 g/mol. The van der Waals surface area contributed by atoms with Crippen LogP contribution in [0.3, 0.4) is 0 Å². The third-order valence-electron chi connectivity index (χ3n) is 6.31. The Kier molecular flexibility index (Phi) is 6.26. The maximum Gasteiger partial charge on any atom is 0.282 e. The van der Waals surface area contributed by atoms with Crippen molar-refractivity contribution in [3.05, 3.63) is 51.4 Å². The second kappa shape index (κ2) is 9.36. The molecule has 0 saturated carbocycles. The predicted molar refractivity (Wildman–Crippen MR) is 128 cm³/mol. The van der Waals surface area contributed by atoms with Crippen LogP contribution in [0.15, 0.2) is 24.3 Å². The monoisotopic (exact) mass is 499 g/mol. The van der Waals surface area contributed by atoms with Crippen LogP contribution in [0.4, 0.5) is 4.39 Å². The van der Waals surface area contributed by atoms with Gasteiger partial charge in [-0.05, 0) is 31.3 Å². The van der Waals surface area contributed by atoms with Crippen LogP contribution in [0, 0.1) is 5.82 Å². The van der Waals surface area contributed by atoms with Crippen LogP contribution in [0.25, 0.3) is 10.9 Å². The zero-order chi connectivity index (χ0) is 24.7. The number of piperazine rings is 1. The Morgan fingerprint density at radius 2 is 2.00 bits per heavy atom. The van der Waals surface area contributed by atoms with Crippen molar-refractivity contribution >= 4 is 40.0 Å². The van der Waals surface area contributed by atoms with Crippen molar-refractivity contribution in [2.24, 2.45) is 0 Å². The van der Waals surface area contributed by atoms with Crippen LogP contribution in [-0.4, -0.2) is 81.9 Å². The number of amides is 3. The molecule has 1 saturated heterocycles. The molecule has 12 heteroatoms. The number of hydrazine groups is 1. The number of nitrogens with zero attached hydrogens (tertiary/aromatic N) is 4. The molecule has 2 aromatic heterocycles. The number of likely N-dealkylation sites (N-methyl/N-ethyl adjacent to an activating group) is 1. The number of nitrogens with one attached hydrogen (secondary N) is 3. The number of hydrogen-bond donors (Lipinski definition) is 3. The first kappa shape index (κ1) is 23.4. The topological polar surface area (TPSA) is 114 Å². The summed E-state index contributed by atoms with van der Waals surface area (Å²) in [7, 11) is 2.03. The van der Waals surface area contributed by atoms with Crippen molar-refractivity contribution in [2.45, 2.75) is 26.1 Å². The van der Waals surface area contributed by atoms with Crippen molar-refractivity contribution in [1.82, 2.24) is 35.5 Å². The number of aromatic amines is 1. The second-order valence-electron chi connectivity index (χ2n) is 8.88. The first-order valence-corrected chi connectivity index (χ1v) is 12.2. The SMILES string of the molecule is CC(=O)N1CCN(NC(=O)c2cc3cc(F)ccc3[nH]2)C(NC(=O)c2nc3c(s2)CN(C)CC3)C1. The fraction of sp³-hybridized carbons (Fsp3) is 0.391. The quantitative estimate of drug-likeness (QED) is 0.499. The first-order valence-electron chi connectivity index (χ1n) is 11.4. The highest BCUT2D eigenvalue weighted by atomic mass is 32.1. The highest BCUT2D eigenvalue weighted by Gasteiger charge is 2.32. The summed E-state index contributed by atoms with van der Waals surface area (Å²) in [4.78, 5) is 50.4. The Balaban J connectivity index is 1.32. The van der Waals surface area contributed by atoms with Crippen LogP contribution < -0.4 is 10.7 Å². The highest BCUT2D eigenvalue weighted by molar-refractivity contribution is 7.13. The zero-order valence-corrected chi connectivity index (χ0v) is 20.2. The largest absolute Gasteiger partial charge is 0.350 e. The van der Waals surface area contributed by atoms with E-state index in [9.17, 15) is 18.8 Å². The Morgan fingerprint density at radius 1 is 1.17 bits per heavy atom. The smallest absolute Gasteiger partial charge is 0.282 e. The van der Waals surface area contributed by atoms with E-state index in [-0.39, 0.29) is 29.9 Å². The fourth-order valence-electron chi connectivity index (χ4n) is 4.38. The van der Waals surface area contributed by atoms with Gasteiger partial charge in [-0.3, -0.25) is 19.8 Å². The van der Waals surface area contributed by atoms with Crippen LogP contribution in [-0.2, 0) is 17.8 Å². The molecule has 1 atom stereocenters. The summed E-state index contributed by atoms with van der Waals surface area (Å²) in [5, 5.41) is 5.51. The molecule has 0 aliphatic carbocycles. The van der Waals surface area contributed by atoms with E-state index in [2.05, 4.69) is 25.6 Å². The van der Waals surface area contributed by atoms with Gasteiger partial charge in [0.1, 0.15) is 17.7 Å². The molecule has 4 heterocycles. The van der Waals surface area contributed by atoms with E-state index in [0.717, 1.165) is 30.1 Å². The number of fused-ring (bicyclic) bond motifs is 2. The zero-order valence-electron chi connectivity index (χ0n) is 19.4. The van der Waals surface area contributed by atoms with Gasteiger partial charge in [0.25, 0.3) is 11.8 Å². The van der Waals surface area contributed by atoms with E-state index in [4.69, 9.17) is 0 Å². The minimum absolute atomic E-state index is 0.111. The Hall–Kier alpha value is -3.35. The standard InChI is InChI=1S/C23H26FN7O3S/c1-13(32)30-7-8-31(28-21(33)18-10-14-9-15(24)3-4-16(14)25-18)20(12-30)27-22(34)23-26-17-5-6-29(2)11-19(17)35-23/h3-4,9-10,20,25H,5-8,11-12H2,1-2H3,(H,27,34)(H,28,33). The number of carbonyl (C=O) groups excluding carboxylic acids is 3. The maximum absolute atomic E-state index is 13.5. The minimum atomic E-state index is -0.644. The van der Waals surface area contributed by atoms with Crippen LogP contribution in [0.1, 0.15) is 37.8 Å². The third kappa shape index (κ3) is 4.90. The predicted octanol–water partition coefficient (Wildman–Crippen LogP) is 1.32. The number of carbonyl (C=O) groups is 3. The molecule has 3 N–H and O–H groups in total. The average Bonchev–Trinajstić information content (AvgIpc) is 3.43. The molecule has 3 aromatic rings. The minimum Gasteiger partial charge on any atom is -0.350 e. The summed E-state index contributed by atoms with van der Waals surface area (Å²) in [6, 6.07) is 5.82. The molecular formula is C23H26FN7O3S. The van der Waals surface area contributed by atoms with Crippen molar-refractivity contribution in [2.75, 3.05) is 33.2 Å². The lowest BCUT2D eigenvalue weighted by atomic mass is 10.2. The summed E-state index contributed by atoms with van der Waals surface area (Å²) in [5.74, 6) is -1.27. The molecule has 5 rings (SSSR count). The van der Waals surface area contributed by atoms with E-state index in [1.165, 1.54) is 30.4 Å². The Labute approximate surface area is 205 Å². The van der Waals surface area contributed by atoms with Crippen molar-refractivity contribution in [3.8, 4) is 0 Å². The van der Waals surface area contributed by atoms with Gasteiger partial charge in [-0.2, -0.15) is 5.01 Å². The summed E-state index contributed by atoms with van der Waals surface area (Å²) < 4.78 is 13.5. The van der Waals surface area contributed by atoms with E-state index >= 15 is 0 Å². The van der Waals surface area contributed by atoms with Gasteiger partial charge in [0.15, 0.2) is 5.01 Å². The van der Waals surface area contributed by atoms with Gasteiger partial charge >= 0.3 is 0 Å². The molecule has 1 unspecified atom stereocenters. The number of aromatic nitrogens is 2. The van der Waals surface area contributed by atoms with Gasteiger partial charge in [-0.1, -0.05) is 0 Å². The van der Waals surface area contributed by atoms with E-state index in [1.54, 1.807) is 22.0 Å². The molecule has 0 bridgehead atoms. The lowest BCUT2D eigenvalue weighted by molar-refractivity contribution is -0.132. The molecule has 184 valence electrons. The summed E-state index contributed by atoms with van der Waals surface area (Å²) >= 11 is 1.37. The van der Waals surface area contributed by atoms with Crippen LogP contribution >= 0.6 is 11.3 Å². The Morgan fingerprint density at radius 3 is 2.80 bits per heavy atom. The molecule has 0 spiro atoms. The maximum atomic E-state index is 13.5. The molecule has 3 amide bonds. The van der Waals surface area contributed by atoms with Gasteiger partial charge in [-0.25, -0.2) is 9.37 Å². The normalized spacial score (nSPS) is 18.9. The van der Waals surface area contributed by atoms with Crippen molar-refractivity contribution in [1.29, 1.82) is 0 Å². The number of benzene rings is 1. The van der Waals surface area contributed by atoms with E-state index < -0.39 is 12.1 Å². The van der Waals surface area contributed by atoms with Gasteiger partial charge in [-0.15, -0.1) is 11.3 Å². The van der Waals surface area contributed by atoms with Gasteiger partial charge in [0.05, 0.1) is 12.2 Å². The van der Waals surface area contributed by atoms with Crippen LogP contribution in [0.2, 0.25) is 0 Å². The van der Waals surface area contributed by atoms with Crippen molar-refractivity contribution < 1.29 is 18.8 Å². The molecule has 2 aliphatic rings. The third-order valence-corrected chi connectivity index (χ3v) is 7.39. The Bertz CT molecular complexity index is 1310. The number of thiazole rings is 1. The molecule has 2 aliphatic heterocycles. The number of hydrogen-bond acceptors (Lipinski definition) is 7. The number of rotatable bonds is 4.